The van der Waals surface area contributed by atoms with E-state index in [1.54, 1.807) is 24.3 Å². The van der Waals surface area contributed by atoms with E-state index in [0.717, 1.165) is 14.3 Å². The minimum absolute atomic E-state index is 0.0759. The first-order valence-electron chi connectivity index (χ1n) is 8.74. The van der Waals surface area contributed by atoms with Gasteiger partial charge in [-0.3, -0.25) is 4.79 Å². The summed E-state index contributed by atoms with van der Waals surface area (Å²) in [6.45, 7) is 5.94. The zero-order chi connectivity index (χ0) is 21.0. The van der Waals surface area contributed by atoms with Gasteiger partial charge in [-0.1, -0.05) is 22.0 Å². The summed E-state index contributed by atoms with van der Waals surface area (Å²) in [5.41, 5.74) is 4.35. The lowest BCUT2D eigenvalue weighted by atomic mass is 10.1. The lowest BCUT2D eigenvalue weighted by Crippen LogP contribution is -2.16. The van der Waals surface area contributed by atoms with E-state index in [1.165, 1.54) is 6.21 Å². The van der Waals surface area contributed by atoms with Crippen LogP contribution in [0.25, 0.3) is 11.0 Å². The van der Waals surface area contributed by atoms with Gasteiger partial charge >= 0.3 is 5.91 Å². The number of nitrogens with zero attached hydrogens (tertiary/aromatic N) is 1. The molecule has 6 nitrogen and oxygen atoms in total. The molecule has 1 aromatic heterocycles. The summed E-state index contributed by atoms with van der Waals surface area (Å²) in [7, 11) is 0. The fourth-order valence-corrected chi connectivity index (χ4v) is 4.09. The summed E-state index contributed by atoms with van der Waals surface area (Å²) in [5, 5.41) is 15.0. The van der Waals surface area contributed by atoms with Gasteiger partial charge in [0.15, 0.2) is 17.3 Å². The molecule has 0 aliphatic rings. The third-order valence-corrected chi connectivity index (χ3v) is 5.03. The second-order valence-electron chi connectivity index (χ2n) is 6.07. The number of fused-ring (bicyclic) bond motifs is 1. The average molecular weight is 522 g/mol. The molecule has 1 amide bonds. The van der Waals surface area contributed by atoms with Gasteiger partial charge in [0.2, 0.25) is 0 Å². The van der Waals surface area contributed by atoms with Crippen molar-refractivity contribution in [3.05, 3.63) is 68.8 Å². The van der Waals surface area contributed by atoms with Crippen LogP contribution in [0.1, 0.15) is 28.6 Å². The number of benzene rings is 2. The normalized spacial score (nSPS) is 11.1. The Hall–Kier alpha value is -2.58. The summed E-state index contributed by atoms with van der Waals surface area (Å²) in [6, 6.07) is 8.75. The van der Waals surface area contributed by atoms with Gasteiger partial charge in [0.05, 0.1) is 17.3 Å². The Morgan fingerprint density at radius 1 is 1.31 bits per heavy atom. The molecule has 0 saturated carbocycles. The van der Waals surface area contributed by atoms with E-state index < -0.39 is 5.91 Å². The Bertz CT molecular complexity index is 1110. The van der Waals surface area contributed by atoms with Gasteiger partial charge in [0.1, 0.15) is 5.58 Å². The van der Waals surface area contributed by atoms with Gasteiger partial charge in [-0.05, 0) is 65.2 Å². The standard InChI is InChI=1S/C21H18Br2N2O4/c1-3-5-13-6-12(7-17(19(13)26)28-4-2)11-24-25-21(27)18-9-14-8-15(22)10-16(23)20(14)29-18/h3,6-11,26H,1,4-5H2,2H3,(H,25,27)/b24-11-. The van der Waals surface area contributed by atoms with Crippen LogP contribution < -0.4 is 10.2 Å². The molecule has 3 rings (SSSR count). The highest BCUT2D eigenvalue weighted by molar-refractivity contribution is 9.11. The highest BCUT2D eigenvalue weighted by Gasteiger charge is 2.14. The number of ether oxygens (including phenoxy) is 1. The molecule has 3 aromatic rings. The summed E-state index contributed by atoms with van der Waals surface area (Å²) in [4.78, 5) is 12.4. The van der Waals surface area contributed by atoms with E-state index in [0.29, 0.717) is 35.5 Å². The van der Waals surface area contributed by atoms with Crippen LogP contribution in [-0.2, 0) is 6.42 Å². The van der Waals surface area contributed by atoms with Gasteiger partial charge in [0.25, 0.3) is 0 Å². The molecule has 2 N–H and O–H groups in total. The maximum Gasteiger partial charge on any atom is 0.307 e. The number of phenolic OH excluding ortho intramolecular Hbond substituents is 1. The molecule has 0 saturated heterocycles. The van der Waals surface area contributed by atoms with Crippen LogP contribution in [0, 0.1) is 0 Å². The molecule has 0 bridgehead atoms. The molecule has 150 valence electrons. The predicted octanol–water partition coefficient (Wildman–Crippen LogP) is 5.55. The maximum absolute atomic E-state index is 12.4. The van der Waals surface area contributed by atoms with E-state index in [9.17, 15) is 9.90 Å². The lowest BCUT2D eigenvalue weighted by molar-refractivity contribution is 0.0929. The van der Waals surface area contributed by atoms with Gasteiger partial charge in [0, 0.05) is 15.4 Å². The number of carbonyl (C=O) groups excluding carboxylic acids is 1. The van der Waals surface area contributed by atoms with Gasteiger partial charge in [-0.2, -0.15) is 5.10 Å². The highest BCUT2D eigenvalue weighted by Crippen LogP contribution is 2.32. The van der Waals surface area contributed by atoms with Crippen molar-refractivity contribution in [1.82, 2.24) is 5.43 Å². The number of allylic oxidation sites excluding steroid dienone is 1. The molecular weight excluding hydrogens is 504 g/mol. The van der Waals surface area contributed by atoms with E-state index in [1.807, 2.05) is 19.1 Å². The molecule has 0 unspecified atom stereocenters. The van der Waals surface area contributed by atoms with Crippen LogP contribution in [0.4, 0.5) is 0 Å². The van der Waals surface area contributed by atoms with E-state index in [-0.39, 0.29) is 11.5 Å². The first kappa shape index (κ1) is 21.1. The van der Waals surface area contributed by atoms with Crippen molar-refractivity contribution in [3.8, 4) is 11.5 Å². The summed E-state index contributed by atoms with van der Waals surface area (Å²) in [6.07, 6.45) is 3.64. The molecule has 0 fully saturated rings. The third kappa shape index (κ3) is 4.89. The first-order valence-corrected chi connectivity index (χ1v) is 10.3. The van der Waals surface area contributed by atoms with Crippen LogP contribution in [0.5, 0.6) is 11.5 Å². The zero-order valence-electron chi connectivity index (χ0n) is 15.5. The minimum Gasteiger partial charge on any atom is -0.504 e. The number of aromatic hydroxyl groups is 1. The number of rotatable bonds is 7. The van der Waals surface area contributed by atoms with Crippen LogP contribution in [0.3, 0.4) is 0 Å². The summed E-state index contributed by atoms with van der Waals surface area (Å²) in [5.74, 6) is 0.0962. The number of hydrazone groups is 1. The number of phenols is 1. The van der Waals surface area contributed by atoms with Gasteiger partial charge < -0.3 is 14.3 Å². The Balaban J connectivity index is 1.79. The third-order valence-electron chi connectivity index (χ3n) is 3.98. The number of halogens is 2. The van der Waals surface area contributed by atoms with Crippen molar-refractivity contribution in [2.24, 2.45) is 5.10 Å². The van der Waals surface area contributed by atoms with E-state index in [4.69, 9.17) is 9.15 Å². The average Bonchev–Trinajstić information content (AvgIpc) is 3.10. The zero-order valence-corrected chi connectivity index (χ0v) is 18.7. The lowest BCUT2D eigenvalue weighted by Gasteiger charge is -2.10. The van der Waals surface area contributed by atoms with E-state index in [2.05, 4.69) is 49.0 Å². The Labute approximate surface area is 184 Å². The smallest absolute Gasteiger partial charge is 0.307 e. The van der Waals surface area contributed by atoms with Crippen molar-refractivity contribution >= 4 is 55.0 Å². The first-order chi connectivity index (χ1) is 13.9. The van der Waals surface area contributed by atoms with Gasteiger partial charge in [-0.25, -0.2) is 5.43 Å². The Kier molecular flexibility index (Phi) is 6.76. The number of carbonyl (C=O) groups is 1. The number of hydrogen-bond donors (Lipinski definition) is 2. The highest BCUT2D eigenvalue weighted by atomic mass is 79.9. The quantitative estimate of drug-likeness (QED) is 0.242. The molecule has 1 heterocycles. The molecule has 0 aliphatic heterocycles. The summed E-state index contributed by atoms with van der Waals surface area (Å²) < 4.78 is 12.7. The largest absolute Gasteiger partial charge is 0.504 e. The second kappa shape index (κ2) is 9.28. The number of nitrogens with one attached hydrogen (secondary N) is 1. The van der Waals surface area contributed by atoms with Crippen LogP contribution in [-0.4, -0.2) is 23.8 Å². The molecule has 0 radical (unpaired) electrons. The molecule has 8 heteroatoms. The molecular formula is C21H18Br2N2O4. The Morgan fingerprint density at radius 3 is 2.83 bits per heavy atom. The van der Waals surface area contributed by atoms with Crippen molar-refractivity contribution in [3.63, 3.8) is 0 Å². The van der Waals surface area contributed by atoms with Gasteiger partial charge in [-0.15, -0.1) is 6.58 Å². The summed E-state index contributed by atoms with van der Waals surface area (Å²) >= 11 is 6.82. The second-order valence-corrected chi connectivity index (χ2v) is 7.84. The minimum atomic E-state index is -0.476. The maximum atomic E-state index is 12.4. The van der Waals surface area contributed by atoms with Crippen LogP contribution in [0.15, 0.2) is 61.5 Å². The molecule has 29 heavy (non-hydrogen) atoms. The van der Waals surface area contributed by atoms with Crippen molar-refractivity contribution in [1.29, 1.82) is 0 Å². The fraction of sp³-hybridized carbons (Fsp3) is 0.143. The predicted molar refractivity (Wildman–Crippen MR) is 120 cm³/mol. The van der Waals surface area contributed by atoms with Crippen molar-refractivity contribution in [2.75, 3.05) is 6.61 Å². The van der Waals surface area contributed by atoms with E-state index >= 15 is 0 Å². The molecule has 0 aliphatic carbocycles. The molecule has 0 spiro atoms. The topological polar surface area (TPSA) is 84.1 Å². The number of hydrogen-bond acceptors (Lipinski definition) is 5. The van der Waals surface area contributed by atoms with Crippen LogP contribution in [0.2, 0.25) is 0 Å². The molecule has 0 atom stereocenters. The number of amides is 1. The molecule has 2 aromatic carbocycles. The Morgan fingerprint density at radius 2 is 2.10 bits per heavy atom. The van der Waals surface area contributed by atoms with Crippen molar-refractivity contribution < 1.29 is 19.1 Å². The monoisotopic (exact) mass is 520 g/mol. The number of furan rings is 1. The van der Waals surface area contributed by atoms with Crippen LogP contribution >= 0.6 is 31.9 Å². The van der Waals surface area contributed by atoms with Crippen molar-refractivity contribution in [2.45, 2.75) is 13.3 Å². The SMILES string of the molecule is C=CCc1cc(/C=N\NC(=O)c2cc3cc(Br)cc(Br)c3o2)cc(OCC)c1O. The fourth-order valence-electron chi connectivity index (χ4n) is 2.75.